The molecule has 0 spiro atoms. The summed E-state index contributed by atoms with van der Waals surface area (Å²) in [6, 6.07) is 5.32. The number of hydrazone groups is 1. The van der Waals surface area contributed by atoms with Gasteiger partial charge in [0.15, 0.2) is 18.1 Å². The van der Waals surface area contributed by atoms with Crippen LogP contribution in [-0.4, -0.2) is 86.9 Å². The number of anilines is 3. The van der Waals surface area contributed by atoms with Crippen LogP contribution in [0.1, 0.15) is 31.7 Å². The molecule has 0 unspecified atom stereocenters. The Labute approximate surface area is 210 Å². The summed E-state index contributed by atoms with van der Waals surface area (Å²) in [6.07, 6.45) is 5.12. The molecule has 1 aromatic heterocycles. The molecule has 12 heteroatoms. The summed E-state index contributed by atoms with van der Waals surface area (Å²) in [6.45, 7) is 6.74. The Morgan fingerprint density at radius 2 is 1.75 bits per heavy atom. The number of benzene rings is 1. The summed E-state index contributed by atoms with van der Waals surface area (Å²) < 4.78 is 21.3. The van der Waals surface area contributed by atoms with E-state index in [1.807, 2.05) is 13.0 Å². The van der Waals surface area contributed by atoms with Gasteiger partial charge in [0.25, 0.3) is 0 Å². The maximum Gasteiger partial charge on any atom is 0.343 e. The van der Waals surface area contributed by atoms with Crippen LogP contribution in [0.3, 0.4) is 0 Å². The average molecular weight is 500 g/mol. The zero-order chi connectivity index (χ0) is 25.2. The highest BCUT2D eigenvalue weighted by molar-refractivity contribution is 5.81. The lowest BCUT2D eigenvalue weighted by atomic mass is 10.1. The Kier molecular flexibility index (Phi) is 9.09. The summed E-state index contributed by atoms with van der Waals surface area (Å²) in [4.78, 5) is 29.7. The van der Waals surface area contributed by atoms with E-state index in [1.54, 1.807) is 18.3 Å². The van der Waals surface area contributed by atoms with E-state index in [4.69, 9.17) is 19.2 Å². The number of carbonyl (C=O) groups is 1. The van der Waals surface area contributed by atoms with E-state index in [-0.39, 0.29) is 6.61 Å². The molecule has 2 fully saturated rings. The van der Waals surface area contributed by atoms with E-state index in [9.17, 15) is 4.79 Å². The van der Waals surface area contributed by atoms with Crippen molar-refractivity contribution in [1.82, 2.24) is 15.0 Å². The van der Waals surface area contributed by atoms with Crippen molar-refractivity contribution in [2.75, 3.05) is 74.9 Å². The predicted molar refractivity (Wildman–Crippen MR) is 135 cm³/mol. The van der Waals surface area contributed by atoms with E-state index in [0.717, 1.165) is 44.6 Å². The highest BCUT2D eigenvalue weighted by Crippen LogP contribution is 2.28. The third-order valence-corrected chi connectivity index (χ3v) is 5.76. The molecule has 0 radical (unpaired) electrons. The van der Waals surface area contributed by atoms with Gasteiger partial charge in [-0.25, -0.2) is 10.2 Å². The summed E-state index contributed by atoms with van der Waals surface area (Å²) in [5.41, 5.74) is 3.73. The second-order valence-corrected chi connectivity index (χ2v) is 8.28. The van der Waals surface area contributed by atoms with Gasteiger partial charge in [-0.1, -0.05) is 0 Å². The summed E-state index contributed by atoms with van der Waals surface area (Å²) in [5.74, 6) is 2.15. The van der Waals surface area contributed by atoms with Crippen molar-refractivity contribution in [2.24, 2.45) is 5.10 Å². The second-order valence-electron chi connectivity index (χ2n) is 8.28. The first-order valence-corrected chi connectivity index (χ1v) is 12.3. The van der Waals surface area contributed by atoms with Gasteiger partial charge in [0, 0.05) is 26.2 Å². The van der Waals surface area contributed by atoms with Crippen molar-refractivity contribution >= 4 is 30.0 Å². The number of hydrogen-bond donors (Lipinski definition) is 1. The maximum absolute atomic E-state index is 11.4. The Morgan fingerprint density at radius 3 is 2.44 bits per heavy atom. The van der Waals surface area contributed by atoms with Gasteiger partial charge >= 0.3 is 5.97 Å². The molecule has 0 bridgehead atoms. The van der Waals surface area contributed by atoms with Gasteiger partial charge in [-0.3, -0.25) is 0 Å². The van der Waals surface area contributed by atoms with Crippen LogP contribution in [-0.2, 0) is 14.3 Å². The topological polar surface area (TPSA) is 124 Å². The molecule has 12 nitrogen and oxygen atoms in total. The number of piperidine rings is 1. The number of nitrogens with one attached hydrogen (secondary N) is 1. The van der Waals surface area contributed by atoms with Crippen molar-refractivity contribution in [3.05, 3.63) is 23.8 Å². The van der Waals surface area contributed by atoms with Crippen LogP contribution < -0.4 is 24.7 Å². The molecule has 1 aromatic carbocycles. The lowest BCUT2D eigenvalue weighted by Crippen LogP contribution is -2.38. The third kappa shape index (κ3) is 6.94. The first-order valence-electron chi connectivity index (χ1n) is 12.3. The average Bonchev–Trinajstić information content (AvgIpc) is 2.93. The number of morpholine rings is 1. The molecular weight excluding hydrogens is 466 g/mol. The standard InChI is InChI=1S/C24H33N7O5/c1-3-35-20-15-18(7-8-19(20)36-17-21(32)33-2)16-25-29-22-26-23(30-9-5-4-6-10-30)28-24(27-22)31-11-13-34-14-12-31/h7-8,15-16H,3-6,9-14,17H2,1-2H3,(H,26,27,28,29)/b25-16+. The highest BCUT2D eigenvalue weighted by Gasteiger charge is 2.20. The zero-order valence-electron chi connectivity index (χ0n) is 20.8. The van der Waals surface area contributed by atoms with Crippen molar-refractivity contribution in [1.29, 1.82) is 0 Å². The Bertz CT molecular complexity index is 1000. The quantitative estimate of drug-likeness (QED) is 0.294. The molecule has 2 aliphatic heterocycles. The molecule has 3 heterocycles. The van der Waals surface area contributed by atoms with Crippen molar-refractivity contribution in [2.45, 2.75) is 26.2 Å². The molecule has 0 saturated carbocycles. The molecule has 4 rings (SSSR count). The molecule has 2 saturated heterocycles. The van der Waals surface area contributed by atoms with E-state index in [0.29, 0.717) is 49.2 Å². The van der Waals surface area contributed by atoms with Gasteiger partial charge in [-0.2, -0.15) is 20.1 Å². The van der Waals surface area contributed by atoms with Gasteiger partial charge in [0.1, 0.15) is 0 Å². The van der Waals surface area contributed by atoms with E-state index < -0.39 is 5.97 Å². The number of esters is 1. The number of rotatable bonds is 10. The summed E-state index contributed by atoms with van der Waals surface area (Å²) in [7, 11) is 1.31. The molecule has 36 heavy (non-hydrogen) atoms. The van der Waals surface area contributed by atoms with Gasteiger partial charge in [0.05, 0.1) is 33.1 Å². The number of nitrogens with zero attached hydrogens (tertiary/aromatic N) is 6. The molecule has 194 valence electrons. The molecule has 2 aromatic rings. The number of methoxy groups -OCH3 is 1. The fourth-order valence-electron chi connectivity index (χ4n) is 3.90. The van der Waals surface area contributed by atoms with E-state index in [2.05, 4.69) is 35.0 Å². The van der Waals surface area contributed by atoms with Gasteiger partial charge < -0.3 is 28.7 Å². The SMILES string of the molecule is CCOc1cc(/C=N/Nc2nc(N3CCCCC3)nc(N3CCOCC3)n2)ccc1OCC(=O)OC. The number of ether oxygens (including phenoxy) is 4. The van der Waals surface area contributed by atoms with Crippen LogP contribution in [0.2, 0.25) is 0 Å². The molecule has 0 amide bonds. The maximum atomic E-state index is 11.4. The zero-order valence-corrected chi connectivity index (χ0v) is 20.8. The van der Waals surface area contributed by atoms with Gasteiger partial charge in [-0.15, -0.1) is 0 Å². The van der Waals surface area contributed by atoms with Crippen molar-refractivity contribution in [3.63, 3.8) is 0 Å². The third-order valence-electron chi connectivity index (χ3n) is 5.76. The van der Waals surface area contributed by atoms with Crippen LogP contribution in [0.25, 0.3) is 0 Å². The predicted octanol–water partition coefficient (Wildman–Crippen LogP) is 2.09. The van der Waals surface area contributed by atoms with Crippen LogP contribution in [0, 0.1) is 0 Å². The van der Waals surface area contributed by atoms with Crippen molar-refractivity contribution < 1.29 is 23.7 Å². The van der Waals surface area contributed by atoms with Crippen LogP contribution in [0.5, 0.6) is 11.5 Å². The normalized spacial score (nSPS) is 16.2. The lowest BCUT2D eigenvalue weighted by Gasteiger charge is -2.30. The van der Waals surface area contributed by atoms with Crippen LogP contribution >= 0.6 is 0 Å². The van der Waals surface area contributed by atoms with Crippen LogP contribution in [0.15, 0.2) is 23.3 Å². The Hall–Kier alpha value is -3.67. The molecule has 1 N–H and O–H groups in total. The first kappa shape index (κ1) is 25.4. The lowest BCUT2D eigenvalue weighted by molar-refractivity contribution is -0.142. The number of aromatic nitrogens is 3. The number of carbonyl (C=O) groups excluding carboxylic acids is 1. The Morgan fingerprint density at radius 1 is 1.03 bits per heavy atom. The smallest absolute Gasteiger partial charge is 0.343 e. The first-order chi connectivity index (χ1) is 17.7. The minimum atomic E-state index is -0.468. The monoisotopic (exact) mass is 499 g/mol. The van der Waals surface area contributed by atoms with Crippen molar-refractivity contribution in [3.8, 4) is 11.5 Å². The molecule has 0 aliphatic carbocycles. The van der Waals surface area contributed by atoms with Crippen LogP contribution in [0.4, 0.5) is 17.8 Å². The molecule has 2 aliphatic rings. The Balaban J connectivity index is 1.49. The molecular formula is C24H33N7O5. The fraction of sp³-hybridized carbons (Fsp3) is 0.542. The highest BCUT2D eigenvalue weighted by atomic mass is 16.6. The fourth-order valence-corrected chi connectivity index (χ4v) is 3.90. The van der Waals surface area contributed by atoms with Gasteiger partial charge in [0.2, 0.25) is 17.8 Å². The van der Waals surface area contributed by atoms with E-state index >= 15 is 0 Å². The number of hydrogen-bond acceptors (Lipinski definition) is 12. The summed E-state index contributed by atoms with van der Waals surface area (Å²) in [5, 5.41) is 4.34. The minimum Gasteiger partial charge on any atom is -0.490 e. The largest absolute Gasteiger partial charge is 0.490 e. The minimum absolute atomic E-state index is 0.199. The van der Waals surface area contributed by atoms with E-state index in [1.165, 1.54) is 13.5 Å². The summed E-state index contributed by atoms with van der Waals surface area (Å²) >= 11 is 0. The molecule has 0 atom stereocenters. The second kappa shape index (κ2) is 12.9. The van der Waals surface area contributed by atoms with Gasteiger partial charge in [-0.05, 0) is 49.9 Å².